The van der Waals surface area contributed by atoms with E-state index in [-0.39, 0.29) is 11.9 Å². The van der Waals surface area contributed by atoms with Gasteiger partial charge in [0.1, 0.15) is 0 Å². The lowest BCUT2D eigenvalue weighted by molar-refractivity contribution is 0.0526. The van der Waals surface area contributed by atoms with Crippen molar-refractivity contribution < 1.29 is 14.3 Å². The highest BCUT2D eigenvalue weighted by molar-refractivity contribution is 6.03. The van der Waals surface area contributed by atoms with Crippen LogP contribution in [0.15, 0.2) is 60.7 Å². The van der Waals surface area contributed by atoms with E-state index >= 15 is 0 Å². The SMILES string of the molecule is CCOC(=O)c1ccc(NC(=O)c2cc(C)n(-c3ccccc3)n2)cc1. The van der Waals surface area contributed by atoms with Gasteiger partial charge >= 0.3 is 5.97 Å². The Hall–Kier alpha value is -3.41. The van der Waals surface area contributed by atoms with Crippen molar-refractivity contribution >= 4 is 17.6 Å². The largest absolute Gasteiger partial charge is 0.462 e. The second-order valence-corrected chi connectivity index (χ2v) is 5.67. The number of aromatic nitrogens is 2. The summed E-state index contributed by atoms with van der Waals surface area (Å²) in [7, 11) is 0. The first-order chi connectivity index (χ1) is 12.6. The minimum Gasteiger partial charge on any atom is -0.462 e. The summed E-state index contributed by atoms with van der Waals surface area (Å²) in [5.74, 6) is -0.700. The highest BCUT2D eigenvalue weighted by atomic mass is 16.5. The fourth-order valence-electron chi connectivity index (χ4n) is 2.52. The van der Waals surface area contributed by atoms with E-state index in [0.717, 1.165) is 11.4 Å². The van der Waals surface area contributed by atoms with Gasteiger partial charge in [0.15, 0.2) is 5.69 Å². The molecule has 3 rings (SSSR count). The van der Waals surface area contributed by atoms with E-state index < -0.39 is 0 Å². The molecule has 1 amide bonds. The quantitative estimate of drug-likeness (QED) is 0.714. The molecule has 26 heavy (non-hydrogen) atoms. The van der Waals surface area contributed by atoms with Gasteiger partial charge in [0.2, 0.25) is 0 Å². The number of nitrogens with zero attached hydrogens (tertiary/aromatic N) is 2. The second kappa shape index (κ2) is 7.65. The summed E-state index contributed by atoms with van der Waals surface area (Å²) in [6.07, 6.45) is 0. The van der Waals surface area contributed by atoms with Crippen LogP contribution in [-0.2, 0) is 4.74 Å². The highest BCUT2D eigenvalue weighted by Crippen LogP contribution is 2.15. The van der Waals surface area contributed by atoms with Crippen LogP contribution >= 0.6 is 0 Å². The highest BCUT2D eigenvalue weighted by Gasteiger charge is 2.14. The van der Waals surface area contributed by atoms with Crippen LogP contribution in [0.2, 0.25) is 0 Å². The molecule has 6 heteroatoms. The zero-order valence-corrected chi connectivity index (χ0v) is 14.6. The molecular weight excluding hydrogens is 330 g/mol. The van der Waals surface area contributed by atoms with Crippen molar-refractivity contribution in [2.24, 2.45) is 0 Å². The standard InChI is InChI=1S/C20H19N3O3/c1-3-26-20(25)15-9-11-16(12-10-15)21-19(24)18-13-14(2)23(22-18)17-7-5-4-6-8-17/h4-13H,3H2,1-2H3,(H,21,24). The predicted molar refractivity (Wildman–Crippen MR) is 98.7 cm³/mol. The Labute approximate surface area is 151 Å². The van der Waals surface area contributed by atoms with Gasteiger partial charge in [-0.2, -0.15) is 5.10 Å². The summed E-state index contributed by atoms with van der Waals surface area (Å²) in [5, 5.41) is 7.16. The summed E-state index contributed by atoms with van der Waals surface area (Å²) >= 11 is 0. The average molecular weight is 349 g/mol. The molecule has 0 unspecified atom stereocenters. The van der Waals surface area contributed by atoms with E-state index in [1.54, 1.807) is 41.9 Å². The number of benzene rings is 2. The van der Waals surface area contributed by atoms with E-state index in [9.17, 15) is 9.59 Å². The summed E-state index contributed by atoms with van der Waals surface area (Å²) in [6, 6.07) is 17.9. The van der Waals surface area contributed by atoms with Gasteiger partial charge in [0.05, 0.1) is 17.9 Å². The van der Waals surface area contributed by atoms with Crippen molar-refractivity contribution in [2.75, 3.05) is 11.9 Å². The van der Waals surface area contributed by atoms with Crippen molar-refractivity contribution in [2.45, 2.75) is 13.8 Å². The smallest absolute Gasteiger partial charge is 0.338 e. The van der Waals surface area contributed by atoms with Crippen LogP contribution in [0.1, 0.15) is 33.5 Å². The Morgan fingerprint density at radius 2 is 1.77 bits per heavy atom. The van der Waals surface area contributed by atoms with Crippen LogP contribution in [0.4, 0.5) is 5.69 Å². The molecule has 1 heterocycles. The van der Waals surface area contributed by atoms with Gasteiger partial charge in [0, 0.05) is 11.4 Å². The summed E-state index contributed by atoms with van der Waals surface area (Å²) in [5.41, 5.74) is 3.09. The Morgan fingerprint density at radius 1 is 1.08 bits per heavy atom. The molecule has 0 radical (unpaired) electrons. The van der Waals surface area contributed by atoms with Crippen LogP contribution in [0.25, 0.3) is 5.69 Å². The molecule has 1 aromatic heterocycles. The fraction of sp³-hybridized carbons (Fsp3) is 0.150. The normalized spacial score (nSPS) is 10.4. The molecule has 0 bridgehead atoms. The lowest BCUT2D eigenvalue weighted by Crippen LogP contribution is -2.13. The van der Waals surface area contributed by atoms with Crippen LogP contribution in [-0.4, -0.2) is 28.3 Å². The number of nitrogens with one attached hydrogen (secondary N) is 1. The Morgan fingerprint density at radius 3 is 2.42 bits per heavy atom. The van der Waals surface area contributed by atoms with Gasteiger partial charge in [0.25, 0.3) is 5.91 Å². The number of hydrogen-bond donors (Lipinski definition) is 1. The minimum absolute atomic E-state index is 0.313. The van der Waals surface area contributed by atoms with Crippen LogP contribution in [0.5, 0.6) is 0 Å². The van der Waals surface area contributed by atoms with E-state index in [1.165, 1.54) is 0 Å². The molecule has 0 aliphatic heterocycles. The van der Waals surface area contributed by atoms with Gasteiger partial charge < -0.3 is 10.1 Å². The van der Waals surface area contributed by atoms with Crippen molar-refractivity contribution in [3.8, 4) is 5.69 Å². The first-order valence-corrected chi connectivity index (χ1v) is 8.29. The zero-order chi connectivity index (χ0) is 18.5. The number of aryl methyl sites for hydroxylation is 1. The molecule has 0 fully saturated rings. The fourth-order valence-corrected chi connectivity index (χ4v) is 2.52. The van der Waals surface area contributed by atoms with E-state index in [0.29, 0.717) is 23.6 Å². The number of hydrogen-bond acceptors (Lipinski definition) is 4. The number of carbonyl (C=O) groups is 2. The topological polar surface area (TPSA) is 73.2 Å². The predicted octanol–water partition coefficient (Wildman–Crippen LogP) is 3.61. The maximum atomic E-state index is 12.5. The summed E-state index contributed by atoms with van der Waals surface area (Å²) in [6.45, 7) is 3.97. The lowest BCUT2D eigenvalue weighted by atomic mass is 10.2. The number of esters is 1. The first kappa shape index (κ1) is 17.4. The number of amides is 1. The van der Waals surface area contributed by atoms with Crippen LogP contribution in [0, 0.1) is 6.92 Å². The Kier molecular flexibility index (Phi) is 5.12. The van der Waals surface area contributed by atoms with Gasteiger partial charge in [-0.1, -0.05) is 18.2 Å². The van der Waals surface area contributed by atoms with Gasteiger partial charge in [-0.05, 0) is 56.3 Å². The first-order valence-electron chi connectivity index (χ1n) is 8.29. The van der Waals surface area contributed by atoms with Crippen LogP contribution in [0.3, 0.4) is 0 Å². The Bertz CT molecular complexity index is 915. The molecule has 0 aliphatic rings. The zero-order valence-electron chi connectivity index (χ0n) is 14.6. The van der Waals surface area contributed by atoms with E-state index in [2.05, 4.69) is 10.4 Å². The third-order valence-corrected chi connectivity index (χ3v) is 3.77. The molecule has 3 aromatic rings. The Balaban J connectivity index is 1.73. The number of para-hydroxylation sites is 1. The summed E-state index contributed by atoms with van der Waals surface area (Å²) < 4.78 is 6.66. The molecule has 1 N–H and O–H groups in total. The number of carbonyl (C=O) groups excluding carboxylic acids is 2. The van der Waals surface area contributed by atoms with E-state index in [4.69, 9.17) is 4.74 Å². The van der Waals surface area contributed by atoms with Crippen molar-refractivity contribution in [3.63, 3.8) is 0 Å². The van der Waals surface area contributed by atoms with Crippen molar-refractivity contribution in [1.82, 2.24) is 9.78 Å². The van der Waals surface area contributed by atoms with Crippen molar-refractivity contribution in [1.29, 1.82) is 0 Å². The molecule has 0 atom stereocenters. The number of ether oxygens (including phenoxy) is 1. The third-order valence-electron chi connectivity index (χ3n) is 3.77. The third kappa shape index (κ3) is 3.80. The van der Waals surface area contributed by atoms with Crippen molar-refractivity contribution in [3.05, 3.63) is 77.6 Å². The number of rotatable bonds is 5. The molecule has 0 aliphatic carbocycles. The molecular formula is C20H19N3O3. The molecule has 0 saturated carbocycles. The lowest BCUT2D eigenvalue weighted by Gasteiger charge is -2.05. The molecule has 6 nitrogen and oxygen atoms in total. The minimum atomic E-state index is -0.386. The summed E-state index contributed by atoms with van der Waals surface area (Å²) in [4.78, 5) is 24.1. The molecule has 0 saturated heterocycles. The molecule has 132 valence electrons. The second-order valence-electron chi connectivity index (χ2n) is 5.67. The maximum Gasteiger partial charge on any atom is 0.338 e. The van der Waals surface area contributed by atoms with Gasteiger partial charge in [-0.25, -0.2) is 9.48 Å². The maximum absolute atomic E-state index is 12.5. The average Bonchev–Trinajstić information content (AvgIpc) is 3.05. The van der Waals surface area contributed by atoms with Crippen LogP contribution < -0.4 is 5.32 Å². The van der Waals surface area contributed by atoms with E-state index in [1.807, 2.05) is 37.3 Å². The molecule has 2 aromatic carbocycles. The van der Waals surface area contributed by atoms with Gasteiger partial charge in [-0.15, -0.1) is 0 Å². The number of anilines is 1. The molecule has 0 spiro atoms. The van der Waals surface area contributed by atoms with Gasteiger partial charge in [-0.3, -0.25) is 4.79 Å². The monoisotopic (exact) mass is 349 g/mol.